The van der Waals surface area contributed by atoms with Gasteiger partial charge in [-0.25, -0.2) is 29.9 Å². The van der Waals surface area contributed by atoms with Gasteiger partial charge in [0.05, 0.1) is 0 Å². The molecule has 510 valence electrons. The highest BCUT2D eigenvalue weighted by atomic mass is 32.1. The van der Waals surface area contributed by atoms with E-state index in [0.717, 1.165) is 125 Å². The maximum absolute atomic E-state index is 5.55. The number of hydrogen-bond donors (Lipinski definition) is 0. The van der Waals surface area contributed by atoms with Crippen molar-refractivity contribution in [3.63, 3.8) is 0 Å². The number of thiophene rings is 2. The summed E-state index contributed by atoms with van der Waals surface area (Å²) in [4.78, 5) is 32.8. The van der Waals surface area contributed by atoms with E-state index in [0.29, 0.717) is 34.9 Å². The highest BCUT2D eigenvalue weighted by molar-refractivity contribution is 7.26. The number of nitrogens with zero attached hydrogens (tertiary/aromatic N) is 6. The highest BCUT2D eigenvalue weighted by Gasteiger charge is 2.24. The minimum atomic E-state index is 0.604. The summed E-state index contributed by atoms with van der Waals surface area (Å²) in [5.41, 5.74) is 17.1. The summed E-state index contributed by atoms with van der Waals surface area (Å²) in [6.07, 6.45) is 0. The van der Waals surface area contributed by atoms with Gasteiger partial charge in [-0.1, -0.05) is 309 Å². The van der Waals surface area contributed by atoms with Crippen LogP contribution in [0.2, 0.25) is 0 Å². The van der Waals surface area contributed by atoms with Gasteiger partial charge in [0.2, 0.25) is 0 Å². The lowest BCUT2D eigenvalue weighted by atomic mass is 9.90. The first kappa shape index (κ1) is 63.3. The van der Waals surface area contributed by atoms with E-state index in [2.05, 4.69) is 364 Å². The van der Waals surface area contributed by atoms with Crippen LogP contribution in [-0.4, -0.2) is 29.9 Å². The first-order valence-corrected chi connectivity index (χ1v) is 38.8. The highest BCUT2D eigenvalue weighted by Crippen LogP contribution is 2.48. The minimum absolute atomic E-state index is 0.604. The van der Waals surface area contributed by atoms with E-state index in [9.17, 15) is 0 Å². The molecule has 0 bridgehead atoms. The summed E-state index contributed by atoms with van der Waals surface area (Å²) in [6.45, 7) is 0. The molecular formula is C102H60N6S2. The van der Waals surface area contributed by atoms with Gasteiger partial charge in [0.25, 0.3) is 0 Å². The van der Waals surface area contributed by atoms with E-state index in [1.165, 1.54) is 69.0 Å². The van der Waals surface area contributed by atoms with Crippen LogP contribution in [0.4, 0.5) is 0 Å². The molecule has 0 amide bonds. The maximum atomic E-state index is 5.55. The molecule has 22 aromatic rings. The Morgan fingerprint density at radius 3 is 1.22 bits per heavy atom. The zero-order valence-electron chi connectivity index (χ0n) is 59.1. The zero-order valence-corrected chi connectivity index (χ0v) is 60.8. The smallest absolute Gasteiger partial charge is 0.165 e. The Labute approximate surface area is 640 Å². The van der Waals surface area contributed by atoms with Crippen molar-refractivity contribution in [3.8, 4) is 124 Å². The van der Waals surface area contributed by atoms with Crippen LogP contribution in [0.25, 0.3) is 229 Å². The summed E-state index contributed by atoms with van der Waals surface area (Å²) in [5, 5.41) is 18.7. The molecule has 0 radical (unpaired) electrons. The molecule has 8 heteroatoms. The Balaban J connectivity index is 0.659. The molecule has 0 saturated carbocycles. The van der Waals surface area contributed by atoms with Crippen molar-refractivity contribution >= 4 is 128 Å². The number of hydrogen-bond acceptors (Lipinski definition) is 8. The molecule has 0 saturated heterocycles. The minimum Gasteiger partial charge on any atom is -0.208 e. The van der Waals surface area contributed by atoms with Gasteiger partial charge in [-0.15, -0.1) is 22.7 Å². The molecule has 0 atom stereocenters. The van der Waals surface area contributed by atoms with Crippen LogP contribution in [0.15, 0.2) is 364 Å². The van der Waals surface area contributed by atoms with Gasteiger partial charge in [-0.3, -0.25) is 0 Å². The Morgan fingerprint density at radius 1 is 0.155 bits per heavy atom. The van der Waals surface area contributed by atoms with Gasteiger partial charge in [0, 0.05) is 73.7 Å². The first-order chi connectivity index (χ1) is 54.5. The third-order valence-electron chi connectivity index (χ3n) is 22.0. The van der Waals surface area contributed by atoms with E-state index in [1.807, 2.05) is 0 Å². The average molecular weight is 1430 g/mol. The Morgan fingerprint density at radius 2 is 0.527 bits per heavy atom. The number of rotatable bonds is 11. The monoisotopic (exact) mass is 1430 g/mol. The Hall–Kier alpha value is -14.0. The van der Waals surface area contributed by atoms with Crippen molar-refractivity contribution in [2.75, 3.05) is 0 Å². The molecule has 6 nitrogen and oxygen atoms in total. The van der Waals surface area contributed by atoms with Gasteiger partial charge in [0.15, 0.2) is 34.9 Å². The third kappa shape index (κ3) is 10.6. The molecule has 0 aliphatic rings. The van der Waals surface area contributed by atoms with Gasteiger partial charge < -0.3 is 0 Å². The second kappa shape index (κ2) is 25.9. The molecule has 0 fully saturated rings. The van der Waals surface area contributed by atoms with Crippen LogP contribution in [-0.2, 0) is 0 Å². The Kier molecular flexibility index (Phi) is 14.9. The summed E-state index contributed by atoms with van der Waals surface area (Å²) in [7, 11) is 0. The second-order valence-electron chi connectivity index (χ2n) is 28.3. The molecule has 4 heterocycles. The fourth-order valence-corrected chi connectivity index (χ4v) is 19.3. The lowest BCUT2D eigenvalue weighted by Crippen LogP contribution is -2.01. The van der Waals surface area contributed by atoms with Crippen LogP contribution < -0.4 is 0 Å². The number of benzene rings is 18. The lowest BCUT2D eigenvalue weighted by molar-refractivity contribution is 1.08. The van der Waals surface area contributed by atoms with E-state index >= 15 is 0 Å². The quantitative estimate of drug-likeness (QED) is 0.120. The van der Waals surface area contributed by atoms with Crippen LogP contribution in [0.1, 0.15) is 0 Å². The molecule has 0 aliphatic carbocycles. The first-order valence-electron chi connectivity index (χ1n) is 37.1. The van der Waals surface area contributed by atoms with Crippen LogP contribution in [0.5, 0.6) is 0 Å². The Bertz CT molecular complexity index is 7540. The van der Waals surface area contributed by atoms with Gasteiger partial charge in [-0.05, 0) is 175 Å². The lowest BCUT2D eigenvalue weighted by Gasteiger charge is -2.15. The predicted molar refractivity (Wildman–Crippen MR) is 464 cm³/mol. The van der Waals surface area contributed by atoms with Crippen molar-refractivity contribution < 1.29 is 0 Å². The van der Waals surface area contributed by atoms with E-state index < -0.39 is 0 Å². The van der Waals surface area contributed by atoms with Crippen LogP contribution in [0, 0.1) is 0 Å². The van der Waals surface area contributed by atoms with E-state index in [4.69, 9.17) is 29.9 Å². The molecule has 18 aromatic carbocycles. The normalized spacial score (nSPS) is 11.8. The van der Waals surface area contributed by atoms with Gasteiger partial charge >= 0.3 is 0 Å². The molecule has 0 unspecified atom stereocenters. The molecule has 4 aromatic heterocycles. The second-order valence-corrected chi connectivity index (χ2v) is 30.4. The summed E-state index contributed by atoms with van der Waals surface area (Å²) in [5.74, 6) is 3.69. The molecule has 0 spiro atoms. The zero-order chi connectivity index (χ0) is 72.3. The van der Waals surface area contributed by atoms with Crippen LogP contribution in [0.3, 0.4) is 0 Å². The third-order valence-corrected chi connectivity index (χ3v) is 24.4. The maximum Gasteiger partial charge on any atom is 0.165 e. The van der Waals surface area contributed by atoms with Crippen molar-refractivity contribution in [1.82, 2.24) is 29.9 Å². The number of aromatic nitrogens is 6. The predicted octanol–water partition coefficient (Wildman–Crippen LogP) is 28.0. The SMILES string of the molecule is c1ccc(-c2ccc(-c3nc(-c4cccc(-c5cc6ccc(-c7cccc8sc9c(-c%10nc(-c%11ccc(-c%12cccc%13ccccc%12%13)cc%11)nc(-c%11ccc(-c%12cccc%13ccccc%12%13)c%12ccccc%11%12)n%10)cccc9c78)cc6c6ccccc56)c4)nc(-c4cccc5c4sc4ccccc45)n3)c3ccccc23)cc1. The molecule has 22 rings (SSSR count). The average Bonchev–Trinajstić information content (AvgIpc) is 1.46. The summed E-state index contributed by atoms with van der Waals surface area (Å²) < 4.78 is 4.67. The summed E-state index contributed by atoms with van der Waals surface area (Å²) >= 11 is 3.58. The fraction of sp³-hybridized carbons (Fsp3) is 0. The van der Waals surface area contributed by atoms with Crippen LogP contribution >= 0.6 is 22.7 Å². The number of fused-ring (bicyclic) bond motifs is 13. The van der Waals surface area contributed by atoms with Crippen molar-refractivity contribution in [3.05, 3.63) is 364 Å². The fourth-order valence-electron chi connectivity index (χ4n) is 16.8. The summed E-state index contributed by atoms with van der Waals surface area (Å²) in [6, 6.07) is 131. The van der Waals surface area contributed by atoms with Crippen molar-refractivity contribution in [1.29, 1.82) is 0 Å². The largest absolute Gasteiger partial charge is 0.208 e. The van der Waals surface area contributed by atoms with E-state index in [-0.39, 0.29) is 0 Å². The van der Waals surface area contributed by atoms with Crippen molar-refractivity contribution in [2.45, 2.75) is 0 Å². The van der Waals surface area contributed by atoms with Gasteiger partial charge in [-0.2, -0.15) is 0 Å². The topological polar surface area (TPSA) is 77.3 Å². The molecule has 0 N–H and O–H groups in total. The molecular weight excluding hydrogens is 1370 g/mol. The molecule has 0 aliphatic heterocycles. The standard InChI is InChI=1S/C102H60N6S2/c1-2-22-61(23-3-1)73-54-56-85(78-34-10-8-32-75(73)78)100-105-98(106-101(108-100)88-44-19-42-84-83-38-14-15-46-92(83)109-95(84)88)69-29-16-28-66(58-69)90-60-68-53-52-67(59-91(68)81-37-13-12-36-80(81)90)74-40-21-47-93-94(74)87-43-20-45-89(96(87)110-93)102-104-97(65-50-48-64(49-51-65)71-39-17-26-62-24-4-6-30-70(62)71)103-99(107-102)86-57-55-82(77-33-9-11-35-79(77)86)76-41-18-27-63-25-5-7-31-72(63)76/h1-60H. The van der Waals surface area contributed by atoms with E-state index in [1.54, 1.807) is 22.7 Å². The molecule has 110 heavy (non-hydrogen) atoms. The van der Waals surface area contributed by atoms with Crippen molar-refractivity contribution in [2.24, 2.45) is 0 Å². The van der Waals surface area contributed by atoms with Gasteiger partial charge in [0.1, 0.15) is 0 Å².